The predicted octanol–water partition coefficient (Wildman–Crippen LogP) is 3.89. The van der Waals surface area contributed by atoms with E-state index in [0.29, 0.717) is 21.7 Å². The van der Waals surface area contributed by atoms with Crippen LogP contribution in [-0.2, 0) is 0 Å². The van der Waals surface area contributed by atoms with Crippen LogP contribution in [-0.4, -0.2) is 16.9 Å². The topological polar surface area (TPSA) is 54.4 Å². The van der Waals surface area contributed by atoms with Crippen molar-refractivity contribution in [2.45, 2.75) is 13.8 Å². The summed E-state index contributed by atoms with van der Waals surface area (Å²) in [6.07, 6.45) is 0. The highest BCUT2D eigenvalue weighted by molar-refractivity contribution is 6.30. The first-order chi connectivity index (χ1) is 9.41. The molecule has 102 valence electrons. The highest BCUT2D eigenvalue weighted by atomic mass is 35.5. The smallest absolute Gasteiger partial charge is 0.336 e. The molecule has 0 amide bonds. The number of hydrogen-bond acceptors (Lipinski definition) is 2. The Hall–Kier alpha value is -2.13. The molecule has 2 aromatic carbocycles. The van der Waals surface area contributed by atoms with Crippen molar-refractivity contribution in [1.82, 2.24) is 0 Å². The average molecular weight is 289 g/mol. The molecule has 2 rings (SSSR count). The van der Waals surface area contributed by atoms with Crippen LogP contribution in [0.5, 0.6) is 0 Å². The molecule has 0 heterocycles. The standard InChI is InChI=1S/C16H13ClO3/c1-9-3-4-10(2)14(16(19)20)13(9)15(18)11-5-7-12(17)8-6-11/h3-8H,1-2H3,(H,19,20). The van der Waals surface area contributed by atoms with Gasteiger partial charge in [0.05, 0.1) is 5.56 Å². The molecule has 2 aromatic rings. The molecule has 0 aromatic heterocycles. The first-order valence-electron chi connectivity index (χ1n) is 6.05. The third kappa shape index (κ3) is 2.58. The molecular formula is C16H13ClO3. The minimum absolute atomic E-state index is 0.0601. The van der Waals surface area contributed by atoms with E-state index in [1.165, 1.54) is 0 Å². The van der Waals surface area contributed by atoms with Crippen molar-refractivity contribution in [3.63, 3.8) is 0 Å². The maximum Gasteiger partial charge on any atom is 0.336 e. The molecule has 20 heavy (non-hydrogen) atoms. The predicted molar refractivity (Wildman–Crippen MR) is 77.8 cm³/mol. The highest BCUT2D eigenvalue weighted by Crippen LogP contribution is 2.23. The van der Waals surface area contributed by atoms with E-state index in [0.717, 1.165) is 0 Å². The van der Waals surface area contributed by atoms with Gasteiger partial charge in [0.1, 0.15) is 0 Å². The van der Waals surface area contributed by atoms with Crippen molar-refractivity contribution < 1.29 is 14.7 Å². The number of rotatable bonds is 3. The lowest BCUT2D eigenvalue weighted by molar-refractivity contribution is 0.0692. The molecule has 0 atom stereocenters. The van der Waals surface area contributed by atoms with Gasteiger partial charge in [0.25, 0.3) is 0 Å². The minimum atomic E-state index is -1.09. The summed E-state index contributed by atoms with van der Waals surface area (Å²) < 4.78 is 0. The fourth-order valence-corrected chi connectivity index (χ4v) is 2.25. The van der Waals surface area contributed by atoms with Crippen LogP contribution in [0.1, 0.15) is 37.4 Å². The van der Waals surface area contributed by atoms with Gasteiger partial charge in [-0.15, -0.1) is 0 Å². The number of ketones is 1. The Morgan fingerprint density at radius 2 is 1.40 bits per heavy atom. The Bertz CT molecular complexity index is 688. The van der Waals surface area contributed by atoms with Gasteiger partial charge in [0, 0.05) is 16.1 Å². The van der Waals surface area contributed by atoms with Gasteiger partial charge in [-0.2, -0.15) is 0 Å². The van der Waals surface area contributed by atoms with Crippen molar-refractivity contribution in [3.8, 4) is 0 Å². The zero-order valence-electron chi connectivity index (χ0n) is 11.1. The molecule has 0 unspecified atom stereocenters. The number of halogens is 1. The quantitative estimate of drug-likeness (QED) is 0.872. The van der Waals surface area contributed by atoms with Crippen molar-refractivity contribution in [2.75, 3.05) is 0 Å². The maximum atomic E-state index is 12.5. The van der Waals surface area contributed by atoms with Crippen molar-refractivity contribution >= 4 is 23.4 Å². The van der Waals surface area contributed by atoms with Gasteiger partial charge >= 0.3 is 5.97 Å². The number of aromatic carboxylic acids is 1. The molecule has 1 N–H and O–H groups in total. The van der Waals surface area contributed by atoms with E-state index in [2.05, 4.69) is 0 Å². The highest BCUT2D eigenvalue weighted by Gasteiger charge is 2.22. The van der Waals surface area contributed by atoms with Crippen LogP contribution in [0, 0.1) is 13.8 Å². The molecule has 0 spiro atoms. The molecule has 0 saturated carbocycles. The van der Waals surface area contributed by atoms with Crippen LogP contribution in [0.4, 0.5) is 0 Å². The SMILES string of the molecule is Cc1ccc(C)c(C(=O)c2ccc(Cl)cc2)c1C(=O)O. The van der Waals surface area contributed by atoms with Crippen LogP contribution in [0.2, 0.25) is 5.02 Å². The fraction of sp³-hybridized carbons (Fsp3) is 0.125. The van der Waals surface area contributed by atoms with Crippen LogP contribution in [0.25, 0.3) is 0 Å². The molecule has 0 radical (unpaired) electrons. The Kier molecular flexibility index (Phi) is 3.91. The van der Waals surface area contributed by atoms with Crippen molar-refractivity contribution in [2.24, 2.45) is 0 Å². The van der Waals surface area contributed by atoms with Crippen LogP contribution in [0.3, 0.4) is 0 Å². The fourth-order valence-electron chi connectivity index (χ4n) is 2.12. The Labute approximate surface area is 121 Å². The van der Waals surface area contributed by atoms with E-state index in [1.807, 2.05) is 0 Å². The van der Waals surface area contributed by atoms with Gasteiger partial charge in [-0.3, -0.25) is 4.79 Å². The van der Waals surface area contributed by atoms with E-state index >= 15 is 0 Å². The summed E-state index contributed by atoms with van der Waals surface area (Å²) in [5, 5.41) is 9.87. The number of carbonyl (C=O) groups is 2. The summed E-state index contributed by atoms with van der Waals surface area (Å²) in [5.74, 6) is -1.40. The minimum Gasteiger partial charge on any atom is -0.478 e. The maximum absolute atomic E-state index is 12.5. The van der Waals surface area contributed by atoms with E-state index in [9.17, 15) is 14.7 Å². The monoisotopic (exact) mass is 288 g/mol. The summed E-state index contributed by atoms with van der Waals surface area (Å²) in [6, 6.07) is 9.87. The number of carboxylic acid groups (broad SMARTS) is 1. The van der Waals surface area contributed by atoms with Gasteiger partial charge in [0.2, 0.25) is 0 Å². The lowest BCUT2D eigenvalue weighted by atomic mass is 9.91. The summed E-state index contributed by atoms with van der Waals surface area (Å²) in [7, 11) is 0. The Balaban J connectivity index is 2.63. The summed E-state index contributed by atoms with van der Waals surface area (Å²) in [5.41, 5.74) is 1.93. The molecule has 0 aliphatic carbocycles. The lowest BCUT2D eigenvalue weighted by Crippen LogP contribution is -2.13. The normalized spacial score (nSPS) is 10.3. The Morgan fingerprint density at radius 1 is 0.900 bits per heavy atom. The number of carbonyl (C=O) groups excluding carboxylic acids is 1. The van der Waals surface area contributed by atoms with Crippen molar-refractivity contribution in [1.29, 1.82) is 0 Å². The second-order valence-corrected chi connectivity index (χ2v) is 5.03. The van der Waals surface area contributed by atoms with Gasteiger partial charge in [-0.25, -0.2) is 4.79 Å². The Morgan fingerprint density at radius 3 is 1.90 bits per heavy atom. The van der Waals surface area contributed by atoms with E-state index in [4.69, 9.17) is 11.6 Å². The van der Waals surface area contributed by atoms with Crippen LogP contribution >= 0.6 is 11.6 Å². The van der Waals surface area contributed by atoms with E-state index in [1.54, 1.807) is 50.2 Å². The average Bonchev–Trinajstić information content (AvgIpc) is 2.40. The third-order valence-corrected chi connectivity index (χ3v) is 3.42. The molecule has 0 bridgehead atoms. The zero-order chi connectivity index (χ0) is 14.9. The molecule has 0 aliphatic heterocycles. The first-order valence-corrected chi connectivity index (χ1v) is 6.43. The second kappa shape index (κ2) is 5.47. The number of aryl methyl sites for hydroxylation is 2. The van der Waals surface area contributed by atoms with E-state index < -0.39 is 5.97 Å². The molecule has 0 fully saturated rings. The molecular weight excluding hydrogens is 276 g/mol. The molecule has 0 saturated heterocycles. The first kappa shape index (κ1) is 14.3. The molecule has 4 heteroatoms. The zero-order valence-corrected chi connectivity index (χ0v) is 11.9. The van der Waals surface area contributed by atoms with Crippen molar-refractivity contribution in [3.05, 3.63) is 69.2 Å². The van der Waals surface area contributed by atoms with Crippen LogP contribution in [0.15, 0.2) is 36.4 Å². The largest absolute Gasteiger partial charge is 0.478 e. The molecule has 3 nitrogen and oxygen atoms in total. The van der Waals surface area contributed by atoms with Gasteiger partial charge in [-0.05, 0) is 49.2 Å². The summed E-state index contributed by atoms with van der Waals surface area (Å²) in [4.78, 5) is 24.0. The number of benzene rings is 2. The van der Waals surface area contributed by atoms with Gasteiger partial charge < -0.3 is 5.11 Å². The summed E-state index contributed by atoms with van der Waals surface area (Å²) >= 11 is 5.80. The number of hydrogen-bond donors (Lipinski definition) is 1. The second-order valence-electron chi connectivity index (χ2n) is 4.59. The molecule has 0 aliphatic rings. The van der Waals surface area contributed by atoms with Gasteiger partial charge in [-0.1, -0.05) is 23.7 Å². The number of carboxylic acids is 1. The van der Waals surface area contributed by atoms with Crippen LogP contribution < -0.4 is 0 Å². The lowest BCUT2D eigenvalue weighted by Gasteiger charge is -2.11. The summed E-state index contributed by atoms with van der Waals surface area (Å²) in [6.45, 7) is 3.41. The van der Waals surface area contributed by atoms with E-state index in [-0.39, 0.29) is 16.9 Å². The van der Waals surface area contributed by atoms with Gasteiger partial charge in [0.15, 0.2) is 5.78 Å². The third-order valence-electron chi connectivity index (χ3n) is 3.17.